The molecule has 0 aliphatic rings. The van der Waals surface area contributed by atoms with Crippen molar-refractivity contribution in [3.8, 4) is 11.3 Å². The van der Waals surface area contributed by atoms with E-state index in [-0.39, 0.29) is 21.3 Å². The van der Waals surface area contributed by atoms with E-state index in [1.807, 2.05) is 0 Å². The molecular weight excluding hydrogens is 314 g/mol. The molecule has 0 atom stereocenters. The fourth-order valence-electron chi connectivity index (χ4n) is 1.72. The van der Waals surface area contributed by atoms with E-state index in [1.165, 1.54) is 0 Å². The number of hydrogen-bond acceptors (Lipinski definition) is 2. The van der Waals surface area contributed by atoms with Crippen LogP contribution in [0.15, 0.2) is 30.5 Å². The first-order valence-electron chi connectivity index (χ1n) is 5.46. The molecule has 2 nitrogen and oxygen atoms in total. The first kappa shape index (κ1) is 15.1. The average molecular weight is 322 g/mol. The first-order chi connectivity index (χ1) is 9.34. The van der Waals surface area contributed by atoms with Crippen molar-refractivity contribution in [2.24, 2.45) is 0 Å². The van der Waals surface area contributed by atoms with E-state index in [2.05, 4.69) is 4.98 Å². The van der Waals surface area contributed by atoms with Crippen LogP contribution in [-0.2, 0) is 12.8 Å². The van der Waals surface area contributed by atoms with Gasteiger partial charge in [0, 0.05) is 17.3 Å². The Kier molecular flexibility index (Phi) is 4.22. The number of alkyl halides is 3. The van der Waals surface area contributed by atoms with E-state index in [4.69, 9.17) is 23.2 Å². The molecule has 1 N–H and O–H groups in total. The van der Waals surface area contributed by atoms with Crippen molar-refractivity contribution in [3.63, 3.8) is 0 Å². The molecule has 2 rings (SSSR count). The molecule has 1 aromatic carbocycles. The second kappa shape index (κ2) is 5.60. The number of nitrogens with zero attached hydrogens (tertiary/aromatic N) is 1. The van der Waals surface area contributed by atoms with Crippen LogP contribution in [0.3, 0.4) is 0 Å². The minimum absolute atomic E-state index is 0.0315. The summed E-state index contributed by atoms with van der Waals surface area (Å²) in [6, 6.07) is 5.57. The van der Waals surface area contributed by atoms with Crippen molar-refractivity contribution < 1.29 is 18.3 Å². The average Bonchev–Trinajstić information content (AvgIpc) is 2.40. The number of aromatic nitrogens is 1. The standard InChI is InChI=1S/C13H8Cl2F3NO/c14-10-3-1-2-9(11(10)15)12-7(6-20)4-8(5-19-12)13(16,17)18/h1-5,20H,6H2. The summed E-state index contributed by atoms with van der Waals surface area (Å²) in [5.74, 6) is 0. The molecule has 106 valence electrons. The second-order valence-corrected chi connectivity index (χ2v) is 4.77. The van der Waals surface area contributed by atoms with Gasteiger partial charge in [0.25, 0.3) is 0 Å². The number of halogens is 5. The third kappa shape index (κ3) is 2.90. The Hall–Kier alpha value is -1.30. The molecular formula is C13H8Cl2F3NO. The third-order valence-electron chi connectivity index (χ3n) is 2.67. The molecule has 0 saturated heterocycles. The highest BCUT2D eigenvalue weighted by atomic mass is 35.5. The highest BCUT2D eigenvalue weighted by Crippen LogP contribution is 2.36. The third-order valence-corrected chi connectivity index (χ3v) is 3.49. The van der Waals surface area contributed by atoms with Crippen LogP contribution in [0.4, 0.5) is 13.2 Å². The van der Waals surface area contributed by atoms with Gasteiger partial charge in [-0.1, -0.05) is 35.3 Å². The van der Waals surface area contributed by atoms with Crippen LogP contribution in [0.5, 0.6) is 0 Å². The van der Waals surface area contributed by atoms with Crippen LogP contribution in [0.1, 0.15) is 11.1 Å². The van der Waals surface area contributed by atoms with Gasteiger partial charge < -0.3 is 5.11 Å². The molecule has 0 saturated carbocycles. The zero-order valence-corrected chi connectivity index (χ0v) is 11.4. The molecule has 0 unspecified atom stereocenters. The molecule has 2 aromatic rings. The summed E-state index contributed by atoms with van der Waals surface area (Å²) in [5, 5.41) is 9.68. The summed E-state index contributed by atoms with van der Waals surface area (Å²) in [6.45, 7) is -0.588. The highest BCUT2D eigenvalue weighted by molar-refractivity contribution is 6.43. The van der Waals surface area contributed by atoms with Gasteiger partial charge in [-0.2, -0.15) is 13.2 Å². The van der Waals surface area contributed by atoms with E-state index < -0.39 is 18.3 Å². The van der Waals surface area contributed by atoms with Crippen molar-refractivity contribution in [1.29, 1.82) is 0 Å². The topological polar surface area (TPSA) is 33.1 Å². The molecule has 1 aromatic heterocycles. The molecule has 20 heavy (non-hydrogen) atoms. The maximum atomic E-state index is 12.6. The smallest absolute Gasteiger partial charge is 0.392 e. The van der Waals surface area contributed by atoms with Crippen molar-refractivity contribution >= 4 is 23.2 Å². The summed E-state index contributed by atoms with van der Waals surface area (Å²) in [7, 11) is 0. The summed E-state index contributed by atoms with van der Waals surface area (Å²) in [4.78, 5) is 3.77. The monoisotopic (exact) mass is 321 g/mol. The quantitative estimate of drug-likeness (QED) is 0.879. The number of aliphatic hydroxyl groups excluding tert-OH is 1. The van der Waals surface area contributed by atoms with Gasteiger partial charge in [-0.3, -0.25) is 4.98 Å². The van der Waals surface area contributed by atoms with Crippen molar-refractivity contribution in [3.05, 3.63) is 51.6 Å². The van der Waals surface area contributed by atoms with E-state index in [0.717, 1.165) is 6.07 Å². The van der Waals surface area contributed by atoms with Crippen LogP contribution in [0.25, 0.3) is 11.3 Å². The molecule has 1 heterocycles. The van der Waals surface area contributed by atoms with Crippen LogP contribution in [0.2, 0.25) is 10.0 Å². The zero-order chi connectivity index (χ0) is 14.9. The van der Waals surface area contributed by atoms with Crippen molar-refractivity contribution in [2.45, 2.75) is 12.8 Å². The van der Waals surface area contributed by atoms with Gasteiger partial charge in [-0.05, 0) is 12.1 Å². The molecule has 0 fully saturated rings. The fraction of sp³-hybridized carbons (Fsp3) is 0.154. The number of benzene rings is 1. The van der Waals surface area contributed by atoms with Crippen LogP contribution in [-0.4, -0.2) is 10.1 Å². The Labute approximate surface area is 122 Å². The Morgan fingerprint density at radius 1 is 1.20 bits per heavy atom. The van der Waals surface area contributed by atoms with Gasteiger partial charge >= 0.3 is 6.18 Å². The van der Waals surface area contributed by atoms with Gasteiger partial charge in [0.2, 0.25) is 0 Å². The Bertz CT molecular complexity index is 644. The highest BCUT2D eigenvalue weighted by Gasteiger charge is 2.31. The van der Waals surface area contributed by atoms with Gasteiger partial charge in [0.05, 0.1) is 27.9 Å². The van der Waals surface area contributed by atoms with Crippen molar-refractivity contribution in [2.75, 3.05) is 0 Å². The lowest BCUT2D eigenvalue weighted by atomic mass is 10.0. The number of pyridine rings is 1. The maximum absolute atomic E-state index is 12.6. The van der Waals surface area contributed by atoms with Crippen LogP contribution in [0, 0.1) is 0 Å². The summed E-state index contributed by atoms with van der Waals surface area (Å²) in [6.07, 6.45) is -3.82. The summed E-state index contributed by atoms with van der Waals surface area (Å²) < 4.78 is 37.8. The SMILES string of the molecule is OCc1cc(C(F)(F)F)cnc1-c1cccc(Cl)c1Cl. The van der Waals surface area contributed by atoms with Gasteiger partial charge in [0.1, 0.15) is 0 Å². The number of aliphatic hydroxyl groups is 1. The van der Waals surface area contributed by atoms with E-state index in [9.17, 15) is 18.3 Å². The summed E-state index contributed by atoms with van der Waals surface area (Å²) >= 11 is 11.9. The predicted molar refractivity (Wildman–Crippen MR) is 70.6 cm³/mol. The number of hydrogen-bond donors (Lipinski definition) is 1. The normalized spacial score (nSPS) is 11.7. The molecule has 0 aliphatic heterocycles. The lowest BCUT2D eigenvalue weighted by molar-refractivity contribution is -0.137. The zero-order valence-electron chi connectivity index (χ0n) is 9.88. The molecule has 0 amide bonds. The van der Waals surface area contributed by atoms with Gasteiger partial charge in [0.15, 0.2) is 0 Å². The lowest BCUT2D eigenvalue weighted by Gasteiger charge is -2.12. The van der Waals surface area contributed by atoms with E-state index >= 15 is 0 Å². The molecule has 0 bridgehead atoms. The first-order valence-corrected chi connectivity index (χ1v) is 6.21. The van der Waals surface area contributed by atoms with Crippen molar-refractivity contribution in [1.82, 2.24) is 4.98 Å². The minimum Gasteiger partial charge on any atom is -0.392 e. The Balaban J connectivity index is 2.61. The minimum atomic E-state index is -4.52. The molecule has 0 aliphatic carbocycles. The Morgan fingerprint density at radius 2 is 1.90 bits per heavy atom. The Morgan fingerprint density at radius 3 is 2.50 bits per heavy atom. The molecule has 7 heteroatoms. The molecule has 0 radical (unpaired) electrons. The second-order valence-electron chi connectivity index (χ2n) is 3.99. The maximum Gasteiger partial charge on any atom is 0.417 e. The molecule has 0 spiro atoms. The van der Waals surface area contributed by atoms with E-state index in [1.54, 1.807) is 18.2 Å². The largest absolute Gasteiger partial charge is 0.417 e. The van der Waals surface area contributed by atoms with E-state index in [0.29, 0.717) is 11.8 Å². The van der Waals surface area contributed by atoms with Gasteiger partial charge in [-0.15, -0.1) is 0 Å². The van der Waals surface area contributed by atoms with Gasteiger partial charge in [-0.25, -0.2) is 0 Å². The number of rotatable bonds is 2. The lowest BCUT2D eigenvalue weighted by Crippen LogP contribution is -2.07. The van der Waals surface area contributed by atoms with Crippen LogP contribution < -0.4 is 0 Å². The fourth-order valence-corrected chi connectivity index (χ4v) is 2.11. The van der Waals surface area contributed by atoms with Crippen LogP contribution >= 0.6 is 23.2 Å². The summed E-state index contributed by atoms with van der Waals surface area (Å²) in [5.41, 5.74) is -0.350. The predicted octanol–water partition coefficient (Wildman–Crippen LogP) is 4.57.